The van der Waals surface area contributed by atoms with Gasteiger partial charge in [-0.05, 0) is 67.6 Å². The van der Waals surface area contributed by atoms with Gasteiger partial charge < -0.3 is 20.3 Å². The van der Waals surface area contributed by atoms with Gasteiger partial charge in [0.15, 0.2) is 5.69 Å². The van der Waals surface area contributed by atoms with Crippen LogP contribution in [0.5, 0.6) is 5.75 Å². The number of aromatic nitrogens is 2. The van der Waals surface area contributed by atoms with Crippen molar-refractivity contribution in [2.24, 2.45) is 5.73 Å². The molecule has 0 atom stereocenters. The van der Waals surface area contributed by atoms with Crippen molar-refractivity contribution in [1.29, 1.82) is 0 Å². The fraction of sp³-hybridized carbons (Fsp3) is 0.280. The largest absolute Gasteiger partial charge is 0.497 e. The Morgan fingerprint density at radius 3 is 2.44 bits per heavy atom. The third-order valence-electron chi connectivity index (χ3n) is 4.88. The van der Waals surface area contributed by atoms with E-state index < -0.39 is 122 Å². The molecule has 2 aromatic carbocycles. The molecule has 0 aliphatic carbocycles. The number of carbonyl (C=O) groups excluding carboxylic acids is 3. The molecule has 3 amide bonds. The van der Waals surface area contributed by atoms with Gasteiger partial charge in [-0.3, -0.25) is 14.4 Å². The zero-order valence-electron chi connectivity index (χ0n) is 34.0. The number of rotatable bonds is 5. The number of anilines is 2. The average molecular weight is 477 g/mol. The summed E-state index contributed by atoms with van der Waals surface area (Å²) >= 11 is 0. The average Bonchev–Trinajstić information content (AvgIpc) is 3.41. The molecule has 2 N–H and O–H groups in total. The molecular weight excluding hydrogens is 434 g/mol. The van der Waals surface area contributed by atoms with Gasteiger partial charge in [0.25, 0.3) is 11.8 Å². The van der Waals surface area contributed by atoms with Gasteiger partial charge in [-0.15, -0.1) is 0 Å². The van der Waals surface area contributed by atoms with Crippen molar-refractivity contribution in [3.8, 4) is 11.4 Å². The van der Waals surface area contributed by atoms with Crippen LogP contribution in [0.4, 0.5) is 11.4 Å². The Hall–Kier alpha value is -4.14. The van der Waals surface area contributed by atoms with Gasteiger partial charge in [-0.2, -0.15) is 5.10 Å². The van der Waals surface area contributed by atoms with Crippen molar-refractivity contribution in [2.75, 3.05) is 29.9 Å². The normalized spacial score (nSPS) is 31.0. The number of hydrogen-bond acceptors (Lipinski definition) is 5. The van der Waals surface area contributed by atoms with Crippen molar-refractivity contribution in [1.82, 2.24) is 9.78 Å². The van der Waals surface area contributed by atoms with E-state index >= 15 is 0 Å². The molecule has 0 radical (unpaired) electrons. The summed E-state index contributed by atoms with van der Waals surface area (Å²) in [4.78, 5) is 40.6. The Morgan fingerprint density at radius 2 is 1.76 bits per heavy atom. The summed E-state index contributed by atoms with van der Waals surface area (Å²) in [5.41, 5.74) is 0.931. The summed E-state index contributed by atoms with van der Waals surface area (Å²) in [6, 6.07) is -0.180. The van der Waals surface area contributed by atoms with Crippen molar-refractivity contribution < 1.29 is 42.4 Å². The highest BCUT2D eigenvalue weighted by molar-refractivity contribution is 6.09. The van der Waals surface area contributed by atoms with E-state index in [4.69, 9.17) is 29.0 Å². The zero-order chi connectivity index (χ0) is 38.8. The molecular formula is C25H25N5O4. The number of benzene rings is 2. The first-order valence-corrected chi connectivity index (χ1v) is 9.54. The lowest BCUT2D eigenvalue weighted by molar-refractivity contribution is -0.119. The summed E-state index contributed by atoms with van der Waals surface area (Å²) in [6.07, 6.45) is -12.8. The Balaban J connectivity index is 1.70. The van der Waals surface area contributed by atoms with E-state index in [1.807, 2.05) is 0 Å². The molecule has 174 valence electrons. The highest BCUT2D eigenvalue weighted by Gasteiger charge is 2.34. The minimum atomic E-state index is -3.38. The van der Waals surface area contributed by atoms with Crippen molar-refractivity contribution >= 4 is 29.1 Å². The van der Waals surface area contributed by atoms with E-state index in [0.717, 1.165) is 24.3 Å². The fourth-order valence-corrected chi connectivity index (χ4v) is 3.32. The zero-order valence-corrected chi connectivity index (χ0v) is 17.0. The molecule has 1 aromatic heterocycles. The van der Waals surface area contributed by atoms with Gasteiger partial charge in [0.05, 0.1) is 25.1 Å². The van der Waals surface area contributed by atoms with E-state index in [-0.39, 0.29) is 10.6 Å². The lowest BCUT2D eigenvalue weighted by Crippen LogP contribution is -2.39. The summed E-state index contributed by atoms with van der Waals surface area (Å²) in [6.45, 7) is -4.31. The number of hydrogen-bond donors (Lipinski definition) is 1. The second kappa shape index (κ2) is 8.66. The van der Waals surface area contributed by atoms with Crippen LogP contribution in [0.25, 0.3) is 5.69 Å². The van der Waals surface area contributed by atoms with Crippen molar-refractivity contribution in [3.63, 3.8) is 0 Å². The maximum absolute atomic E-state index is 14.3. The fourth-order valence-electron chi connectivity index (χ4n) is 3.32. The summed E-state index contributed by atoms with van der Waals surface area (Å²) in [5, 5.41) is 3.82. The summed E-state index contributed by atoms with van der Waals surface area (Å²) < 4.78 is 143. The number of nitrogens with zero attached hydrogens (tertiary/aromatic N) is 4. The number of amides is 3. The van der Waals surface area contributed by atoms with Crippen LogP contribution >= 0.6 is 0 Å². The molecule has 0 saturated carbocycles. The third kappa shape index (κ3) is 3.68. The smallest absolute Gasteiger partial charge is 0.277 e. The predicted octanol–water partition coefficient (Wildman–Crippen LogP) is 2.70. The van der Waals surface area contributed by atoms with Crippen LogP contribution in [-0.4, -0.2) is 47.6 Å². The van der Waals surface area contributed by atoms with Gasteiger partial charge in [0.2, 0.25) is 5.91 Å². The van der Waals surface area contributed by atoms with E-state index in [0.29, 0.717) is 9.58 Å². The maximum Gasteiger partial charge on any atom is 0.277 e. The molecule has 1 fully saturated rings. The highest BCUT2D eigenvalue weighted by atomic mass is 16.5. The number of primary amides is 1. The van der Waals surface area contributed by atoms with Crippen LogP contribution in [-0.2, 0) is 11.2 Å². The first-order valence-electron chi connectivity index (χ1n) is 18.0. The van der Waals surface area contributed by atoms with Gasteiger partial charge >= 0.3 is 0 Å². The molecule has 5 rings (SSSR count). The molecule has 1 saturated heterocycles. The Kier molecular flexibility index (Phi) is 2.45. The first kappa shape index (κ1) is 9.61. The van der Waals surface area contributed by atoms with Crippen LogP contribution in [0, 0.1) is 0 Å². The second-order valence-electron chi connectivity index (χ2n) is 6.84. The van der Waals surface area contributed by atoms with Crippen molar-refractivity contribution in [2.45, 2.75) is 25.5 Å². The maximum atomic E-state index is 14.3. The van der Waals surface area contributed by atoms with Gasteiger partial charge in [-0.25, -0.2) is 4.68 Å². The first-order chi connectivity index (χ1) is 23.0. The molecule has 0 spiro atoms. The minimum absolute atomic E-state index is 0.204. The highest BCUT2D eigenvalue weighted by Crippen LogP contribution is 2.31. The quantitative estimate of drug-likeness (QED) is 0.609. The van der Waals surface area contributed by atoms with E-state index in [1.165, 1.54) is 0 Å². The SMILES string of the molecule is [2H]c1c([2H])c(-n2nc(C(N)=O)c3c2C(=O)N(c2ccc(N4CC([2H])([2H])C([2H])([2H])C([2H])([2H])C4=O)cc2)C([2H])([2H])C3([2H])[2H])c([2H])c([2H])c1OC([2H])([2H])[2H]. The number of ether oxygens (including phenoxy) is 1. The van der Waals surface area contributed by atoms with Crippen LogP contribution in [0.3, 0.4) is 0 Å². The number of nitrogens with two attached hydrogens (primary N) is 1. The topological polar surface area (TPSA) is 111 Å². The molecule has 9 heteroatoms. The lowest BCUT2D eigenvalue weighted by atomic mass is 10.0. The standard InChI is InChI=1S/C25H25N5O4/c1-34-19-11-9-18(10-12-19)30-23-20(22(27-30)24(26)32)13-15-29(25(23)33)17-7-5-16(6-8-17)28-14-3-2-4-21(28)31/h5-12H,2-4,13-15H2,1H3,(H2,26,32)/i1D3,2D2,3D2,4D2,9D,10D,11D,12D,13D2,15D2. The van der Waals surface area contributed by atoms with Crippen LogP contribution in [0.2, 0.25) is 0 Å². The van der Waals surface area contributed by atoms with Gasteiger partial charge in [-0.1, -0.05) is 0 Å². The van der Waals surface area contributed by atoms with Crippen LogP contribution in [0.1, 0.15) is 69.0 Å². The third-order valence-corrected chi connectivity index (χ3v) is 4.88. The van der Waals surface area contributed by atoms with E-state index in [1.54, 1.807) is 0 Å². The van der Waals surface area contributed by atoms with Crippen LogP contribution in [0.15, 0.2) is 48.4 Å². The molecule has 34 heavy (non-hydrogen) atoms. The minimum Gasteiger partial charge on any atom is -0.497 e. The molecule has 2 aliphatic heterocycles. The lowest BCUT2D eigenvalue weighted by Gasteiger charge is -2.29. The number of methoxy groups -OCH3 is 1. The van der Waals surface area contributed by atoms with Gasteiger partial charge in [0, 0.05) is 47.3 Å². The van der Waals surface area contributed by atoms with E-state index in [9.17, 15) is 14.4 Å². The van der Waals surface area contributed by atoms with Crippen molar-refractivity contribution in [3.05, 3.63) is 65.4 Å². The Bertz CT molecular complexity index is 1980. The summed E-state index contributed by atoms with van der Waals surface area (Å²) in [7, 11) is -3.21. The summed E-state index contributed by atoms with van der Waals surface area (Å²) in [5.74, 6) is -5.36. The molecule has 9 nitrogen and oxygen atoms in total. The molecule has 2 aliphatic rings. The second-order valence-corrected chi connectivity index (χ2v) is 6.84. The Labute approximate surface area is 220 Å². The van der Waals surface area contributed by atoms with Crippen LogP contribution < -0.4 is 20.3 Å². The molecule has 0 unspecified atom stereocenters. The predicted molar refractivity (Wildman–Crippen MR) is 127 cm³/mol. The molecule has 3 aromatic rings. The monoisotopic (exact) mass is 476 g/mol. The molecule has 3 heterocycles. The van der Waals surface area contributed by atoms with E-state index in [2.05, 4.69) is 9.84 Å². The number of carbonyl (C=O) groups is 3. The van der Waals surface area contributed by atoms with Gasteiger partial charge in [0.1, 0.15) is 11.4 Å². The molecule has 0 bridgehead atoms. The Morgan fingerprint density at radius 1 is 1.06 bits per heavy atom. The number of piperidine rings is 1. The number of fused-ring (bicyclic) bond motifs is 1.